The highest BCUT2D eigenvalue weighted by molar-refractivity contribution is 7.91. The van der Waals surface area contributed by atoms with Crippen LogP contribution in [0.15, 0.2) is 76.3 Å². The number of esters is 1. The van der Waals surface area contributed by atoms with Crippen molar-refractivity contribution in [2.24, 2.45) is 5.92 Å². The van der Waals surface area contributed by atoms with Gasteiger partial charge in [0.1, 0.15) is 4.21 Å². The molecule has 1 N–H and O–H groups in total. The first-order chi connectivity index (χ1) is 15.9. The van der Waals surface area contributed by atoms with Gasteiger partial charge in [-0.25, -0.2) is 8.42 Å². The molecule has 3 aromatic rings. The van der Waals surface area contributed by atoms with Crippen molar-refractivity contribution in [3.8, 4) is 11.1 Å². The highest BCUT2D eigenvalue weighted by Gasteiger charge is 2.33. The van der Waals surface area contributed by atoms with Gasteiger partial charge < -0.3 is 10.1 Å². The number of nitrogens with one attached hydrogen (secondary N) is 1. The normalized spacial score (nSPS) is 15.2. The quantitative estimate of drug-likeness (QED) is 0.512. The van der Waals surface area contributed by atoms with Gasteiger partial charge in [-0.1, -0.05) is 54.6 Å². The van der Waals surface area contributed by atoms with Crippen LogP contribution in [0.2, 0.25) is 0 Å². The summed E-state index contributed by atoms with van der Waals surface area (Å²) >= 11 is 1.18. The van der Waals surface area contributed by atoms with Gasteiger partial charge in [0.05, 0.1) is 5.92 Å². The molecule has 9 heteroatoms. The minimum Gasteiger partial charge on any atom is -0.455 e. The lowest BCUT2D eigenvalue weighted by Gasteiger charge is -2.29. The molecule has 0 spiro atoms. The molecule has 172 valence electrons. The van der Waals surface area contributed by atoms with E-state index in [0.29, 0.717) is 22.7 Å². The Bertz CT molecular complexity index is 1200. The second-order valence-corrected chi connectivity index (χ2v) is 10.8. The highest BCUT2D eigenvalue weighted by Crippen LogP contribution is 2.28. The lowest BCUT2D eigenvalue weighted by Crippen LogP contribution is -2.40. The number of ether oxygens (including phenoxy) is 1. The SMILES string of the molecule is O=C(COC(=O)C1CCN(S(=O)(=O)c2cccs2)CC1)Nc1ccccc1-c1ccccc1. The van der Waals surface area contributed by atoms with Crippen molar-refractivity contribution < 1.29 is 22.7 Å². The fourth-order valence-corrected chi connectivity index (χ4v) is 6.39. The lowest BCUT2D eigenvalue weighted by atomic mass is 9.98. The van der Waals surface area contributed by atoms with Crippen LogP contribution >= 0.6 is 11.3 Å². The molecule has 1 aliphatic rings. The Labute approximate surface area is 197 Å². The number of para-hydroxylation sites is 1. The average molecular weight is 485 g/mol. The number of sulfonamides is 1. The van der Waals surface area contributed by atoms with E-state index in [4.69, 9.17) is 4.74 Å². The van der Waals surface area contributed by atoms with E-state index < -0.39 is 34.4 Å². The first-order valence-electron chi connectivity index (χ1n) is 10.6. The summed E-state index contributed by atoms with van der Waals surface area (Å²) in [6, 6.07) is 20.4. The number of hydrogen-bond acceptors (Lipinski definition) is 6. The zero-order chi connectivity index (χ0) is 23.3. The number of anilines is 1. The fraction of sp³-hybridized carbons (Fsp3) is 0.250. The van der Waals surface area contributed by atoms with Gasteiger partial charge in [0.2, 0.25) is 0 Å². The molecule has 0 atom stereocenters. The second kappa shape index (κ2) is 10.3. The zero-order valence-corrected chi connectivity index (χ0v) is 19.5. The van der Waals surface area contributed by atoms with Crippen molar-refractivity contribution in [1.29, 1.82) is 0 Å². The van der Waals surface area contributed by atoms with Crippen LogP contribution in [0.1, 0.15) is 12.8 Å². The molecule has 0 unspecified atom stereocenters. The molecule has 2 heterocycles. The van der Waals surface area contributed by atoms with Crippen molar-refractivity contribution in [3.05, 3.63) is 72.1 Å². The second-order valence-electron chi connectivity index (χ2n) is 7.68. The topological polar surface area (TPSA) is 92.8 Å². The Morgan fingerprint density at radius 2 is 1.67 bits per heavy atom. The molecule has 33 heavy (non-hydrogen) atoms. The van der Waals surface area contributed by atoms with Gasteiger partial charge in [-0.15, -0.1) is 11.3 Å². The Kier molecular flexibility index (Phi) is 7.22. The summed E-state index contributed by atoms with van der Waals surface area (Å²) in [7, 11) is -3.52. The summed E-state index contributed by atoms with van der Waals surface area (Å²) in [6.07, 6.45) is 0.726. The summed E-state index contributed by atoms with van der Waals surface area (Å²) in [5.41, 5.74) is 2.48. The molecule has 1 amide bonds. The van der Waals surface area contributed by atoms with Crippen LogP contribution in [0.3, 0.4) is 0 Å². The smallest absolute Gasteiger partial charge is 0.309 e. The van der Waals surface area contributed by atoms with E-state index in [1.54, 1.807) is 23.6 Å². The van der Waals surface area contributed by atoms with Crippen LogP contribution in [0.25, 0.3) is 11.1 Å². The molecule has 0 aliphatic carbocycles. The van der Waals surface area contributed by atoms with Crippen molar-refractivity contribution in [2.75, 3.05) is 25.0 Å². The molecule has 1 saturated heterocycles. The molecule has 4 rings (SSSR count). The number of amides is 1. The molecule has 0 saturated carbocycles. The minimum atomic E-state index is -3.52. The number of benzene rings is 2. The third-order valence-electron chi connectivity index (χ3n) is 5.51. The lowest BCUT2D eigenvalue weighted by molar-refractivity contribution is -0.152. The molecule has 0 bridgehead atoms. The van der Waals surface area contributed by atoms with Crippen LogP contribution in [-0.2, 0) is 24.3 Å². The van der Waals surface area contributed by atoms with E-state index >= 15 is 0 Å². The fourth-order valence-electron chi connectivity index (χ4n) is 3.77. The van der Waals surface area contributed by atoms with E-state index in [9.17, 15) is 18.0 Å². The monoisotopic (exact) mass is 484 g/mol. The molecule has 1 aromatic heterocycles. The van der Waals surface area contributed by atoms with Crippen molar-refractivity contribution in [3.63, 3.8) is 0 Å². The van der Waals surface area contributed by atoms with Crippen LogP contribution < -0.4 is 5.32 Å². The number of nitrogens with zero attached hydrogens (tertiary/aromatic N) is 1. The Balaban J connectivity index is 1.29. The van der Waals surface area contributed by atoms with Crippen LogP contribution in [0.5, 0.6) is 0 Å². The molecule has 0 radical (unpaired) electrons. The van der Waals surface area contributed by atoms with E-state index in [-0.39, 0.29) is 13.1 Å². The number of carbonyl (C=O) groups is 2. The molecular weight excluding hydrogens is 460 g/mol. The third-order valence-corrected chi connectivity index (χ3v) is 8.78. The molecule has 2 aromatic carbocycles. The van der Waals surface area contributed by atoms with Gasteiger partial charge in [-0.2, -0.15) is 4.31 Å². The third kappa shape index (κ3) is 5.50. The van der Waals surface area contributed by atoms with Gasteiger partial charge in [0.15, 0.2) is 6.61 Å². The highest BCUT2D eigenvalue weighted by atomic mass is 32.2. The van der Waals surface area contributed by atoms with Gasteiger partial charge in [0, 0.05) is 24.3 Å². The van der Waals surface area contributed by atoms with Gasteiger partial charge in [-0.3, -0.25) is 9.59 Å². The molecule has 7 nitrogen and oxygen atoms in total. The summed E-state index contributed by atoms with van der Waals surface area (Å²) in [4.78, 5) is 24.9. The van der Waals surface area contributed by atoms with E-state index in [0.717, 1.165) is 11.1 Å². The molecule has 1 fully saturated rings. The molecule has 1 aliphatic heterocycles. The first kappa shape index (κ1) is 23.2. The Morgan fingerprint density at radius 1 is 0.970 bits per heavy atom. The number of rotatable bonds is 7. The predicted octanol–water partition coefficient (Wildman–Crippen LogP) is 4.00. The number of hydrogen-bond donors (Lipinski definition) is 1. The minimum absolute atomic E-state index is 0.247. The Morgan fingerprint density at radius 3 is 2.36 bits per heavy atom. The number of thiophene rings is 1. The van der Waals surface area contributed by atoms with Gasteiger partial charge in [0.25, 0.3) is 15.9 Å². The van der Waals surface area contributed by atoms with E-state index in [1.807, 2.05) is 48.5 Å². The van der Waals surface area contributed by atoms with E-state index in [1.165, 1.54) is 15.6 Å². The van der Waals surface area contributed by atoms with Crippen LogP contribution in [0.4, 0.5) is 5.69 Å². The predicted molar refractivity (Wildman–Crippen MR) is 127 cm³/mol. The summed E-state index contributed by atoms with van der Waals surface area (Å²) in [5.74, 6) is -1.33. The summed E-state index contributed by atoms with van der Waals surface area (Å²) < 4.78 is 32.2. The van der Waals surface area contributed by atoms with Gasteiger partial charge >= 0.3 is 5.97 Å². The zero-order valence-electron chi connectivity index (χ0n) is 17.8. The van der Waals surface area contributed by atoms with Crippen molar-refractivity contribution >= 4 is 38.9 Å². The first-order valence-corrected chi connectivity index (χ1v) is 12.9. The Hall–Kier alpha value is -3.01. The number of piperidine rings is 1. The van der Waals surface area contributed by atoms with E-state index in [2.05, 4.69) is 5.32 Å². The standard InChI is InChI=1S/C24H24N2O5S2/c27-22(25-21-10-5-4-9-20(21)18-7-2-1-3-8-18)17-31-24(28)19-12-14-26(15-13-19)33(29,30)23-11-6-16-32-23/h1-11,16,19H,12-15,17H2,(H,25,27). The summed E-state index contributed by atoms with van der Waals surface area (Å²) in [6.45, 7) is 0.100. The van der Waals surface area contributed by atoms with Crippen LogP contribution in [0, 0.1) is 5.92 Å². The van der Waals surface area contributed by atoms with Crippen molar-refractivity contribution in [2.45, 2.75) is 17.1 Å². The van der Waals surface area contributed by atoms with Gasteiger partial charge in [-0.05, 0) is 35.9 Å². The maximum Gasteiger partial charge on any atom is 0.309 e. The van der Waals surface area contributed by atoms with Crippen molar-refractivity contribution in [1.82, 2.24) is 4.31 Å². The number of carbonyl (C=O) groups excluding carboxylic acids is 2. The largest absolute Gasteiger partial charge is 0.455 e. The maximum absolute atomic E-state index is 12.6. The molecular formula is C24H24N2O5S2. The maximum atomic E-state index is 12.6. The summed E-state index contributed by atoms with van der Waals surface area (Å²) in [5, 5.41) is 4.53. The average Bonchev–Trinajstić information content (AvgIpc) is 3.40. The van der Waals surface area contributed by atoms with Crippen LogP contribution in [-0.4, -0.2) is 44.3 Å².